The van der Waals surface area contributed by atoms with E-state index in [0.717, 1.165) is 18.8 Å². The first kappa shape index (κ1) is 12.7. The molecule has 0 radical (unpaired) electrons. The summed E-state index contributed by atoms with van der Waals surface area (Å²) in [7, 11) is 0. The Morgan fingerprint density at radius 3 is 2.50 bits per heavy atom. The molecule has 1 aromatic heterocycles. The Morgan fingerprint density at radius 2 is 2.12 bits per heavy atom. The zero-order valence-corrected chi connectivity index (χ0v) is 10.5. The highest BCUT2D eigenvalue weighted by Crippen LogP contribution is 2.14. The number of hydrogen-bond donors (Lipinski definition) is 0. The Bertz CT molecular complexity index is 343. The molecular formula is C13H20N2O. The van der Waals surface area contributed by atoms with E-state index in [1.165, 1.54) is 6.92 Å². The van der Waals surface area contributed by atoms with Crippen LogP contribution in [0.25, 0.3) is 0 Å². The smallest absolute Gasteiger partial charge is 0.178 e. The van der Waals surface area contributed by atoms with Crippen molar-refractivity contribution in [2.45, 2.75) is 27.7 Å². The number of anilines is 1. The molecule has 1 rings (SSSR count). The molecule has 0 aliphatic heterocycles. The van der Waals surface area contributed by atoms with Crippen LogP contribution in [-0.4, -0.2) is 23.9 Å². The molecule has 0 N–H and O–H groups in total. The predicted octanol–water partition coefficient (Wildman–Crippen LogP) is 2.77. The van der Waals surface area contributed by atoms with Crippen LogP contribution in [0.3, 0.4) is 0 Å². The summed E-state index contributed by atoms with van der Waals surface area (Å²) in [6, 6.07) is 3.76. The van der Waals surface area contributed by atoms with Crippen LogP contribution < -0.4 is 4.90 Å². The van der Waals surface area contributed by atoms with Crippen LogP contribution in [0.4, 0.5) is 5.69 Å². The summed E-state index contributed by atoms with van der Waals surface area (Å²) in [5.74, 6) is 0.630. The zero-order valence-electron chi connectivity index (χ0n) is 10.5. The molecule has 0 atom stereocenters. The van der Waals surface area contributed by atoms with Crippen molar-refractivity contribution >= 4 is 11.5 Å². The lowest BCUT2D eigenvalue weighted by Gasteiger charge is -2.24. The number of aromatic nitrogens is 1. The normalized spacial score (nSPS) is 10.6. The zero-order chi connectivity index (χ0) is 12.1. The van der Waals surface area contributed by atoms with E-state index in [0.29, 0.717) is 11.6 Å². The standard InChI is InChI=1S/C13H20N2O/c1-5-15(9-10(2)3)12-6-7-13(11(4)16)14-8-12/h6-8,10H,5,9H2,1-4H3. The average Bonchev–Trinajstić information content (AvgIpc) is 2.25. The molecule has 3 nitrogen and oxygen atoms in total. The first-order valence-electron chi connectivity index (χ1n) is 5.76. The molecule has 0 saturated carbocycles. The van der Waals surface area contributed by atoms with Crippen LogP contribution in [0.1, 0.15) is 38.2 Å². The maximum atomic E-state index is 11.1. The lowest BCUT2D eigenvalue weighted by Crippen LogP contribution is -2.27. The number of carbonyl (C=O) groups is 1. The third kappa shape index (κ3) is 3.33. The first-order chi connectivity index (χ1) is 7.54. The third-order valence-electron chi connectivity index (χ3n) is 2.44. The van der Waals surface area contributed by atoms with Gasteiger partial charge in [-0.25, -0.2) is 0 Å². The maximum absolute atomic E-state index is 11.1. The summed E-state index contributed by atoms with van der Waals surface area (Å²) >= 11 is 0. The molecule has 0 amide bonds. The Balaban J connectivity index is 2.82. The minimum atomic E-state index is 0.0125. The monoisotopic (exact) mass is 220 g/mol. The van der Waals surface area contributed by atoms with E-state index in [1.54, 1.807) is 12.3 Å². The van der Waals surface area contributed by atoms with Crippen molar-refractivity contribution in [1.82, 2.24) is 4.98 Å². The average molecular weight is 220 g/mol. The van der Waals surface area contributed by atoms with Crippen molar-refractivity contribution in [1.29, 1.82) is 0 Å². The van der Waals surface area contributed by atoms with Crippen LogP contribution >= 0.6 is 0 Å². The fourth-order valence-electron chi connectivity index (χ4n) is 1.64. The van der Waals surface area contributed by atoms with E-state index in [2.05, 4.69) is 30.7 Å². The number of ketones is 1. The van der Waals surface area contributed by atoms with Crippen molar-refractivity contribution in [3.63, 3.8) is 0 Å². The first-order valence-corrected chi connectivity index (χ1v) is 5.76. The van der Waals surface area contributed by atoms with Gasteiger partial charge in [-0.1, -0.05) is 13.8 Å². The highest BCUT2D eigenvalue weighted by atomic mass is 16.1. The minimum absolute atomic E-state index is 0.0125. The molecule has 0 bridgehead atoms. The van der Waals surface area contributed by atoms with Crippen molar-refractivity contribution in [3.8, 4) is 0 Å². The molecule has 88 valence electrons. The van der Waals surface area contributed by atoms with Crippen molar-refractivity contribution in [2.75, 3.05) is 18.0 Å². The summed E-state index contributed by atoms with van der Waals surface area (Å²) in [4.78, 5) is 17.5. The Morgan fingerprint density at radius 1 is 1.44 bits per heavy atom. The fraction of sp³-hybridized carbons (Fsp3) is 0.538. The van der Waals surface area contributed by atoms with E-state index in [1.807, 2.05) is 6.07 Å². The Hall–Kier alpha value is -1.38. The van der Waals surface area contributed by atoms with E-state index < -0.39 is 0 Å². The Kier molecular flexibility index (Phi) is 4.47. The largest absolute Gasteiger partial charge is 0.370 e. The van der Waals surface area contributed by atoms with E-state index in [4.69, 9.17) is 0 Å². The van der Waals surface area contributed by atoms with Gasteiger partial charge in [0.25, 0.3) is 0 Å². The van der Waals surface area contributed by atoms with Crippen molar-refractivity contribution < 1.29 is 4.79 Å². The molecular weight excluding hydrogens is 200 g/mol. The number of nitrogens with zero attached hydrogens (tertiary/aromatic N) is 2. The fourth-order valence-corrected chi connectivity index (χ4v) is 1.64. The van der Waals surface area contributed by atoms with Gasteiger partial charge < -0.3 is 4.90 Å². The topological polar surface area (TPSA) is 33.2 Å². The van der Waals surface area contributed by atoms with Gasteiger partial charge in [0.15, 0.2) is 5.78 Å². The second kappa shape index (κ2) is 5.64. The summed E-state index contributed by atoms with van der Waals surface area (Å²) in [6.45, 7) is 10.0. The van der Waals surface area contributed by atoms with Gasteiger partial charge >= 0.3 is 0 Å². The number of Topliss-reactive ketones (excluding diaryl/α,β-unsaturated/α-hetero) is 1. The predicted molar refractivity (Wildman–Crippen MR) is 67.0 cm³/mol. The van der Waals surface area contributed by atoms with Crippen molar-refractivity contribution in [2.24, 2.45) is 5.92 Å². The van der Waals surface area contributed by atoms with Gasteiger partial charge in [-0.2, -0.15) is 0 Å². The summed E-state index contributed by atoms with van der Waals surface area (Å²) in [6.07, 6.45) is 1.78. The number of carbonyl (C=O) groups excluding carboxylic acids is 1. The van der Waals surface area contributed by atoms with Crippen LogP contribution in [0.15, 0.2) is 18.3 Å². The van der Waals surface area contributed by atoms with Gasteiger partial charge in [0, 0.05) is 20.0 Å². The van der Waals surface area contributed by atoms with Crippen molar-refractivity contribution in [3.05, 3.63) is 24.0 Å². The van der Waals surface area contributed by atoms with Gasteiger partial charge in [0.05, 0.1) is 11.9 Å². The highest BCUT2D eigenvalue weighted by molar-refractivity contribution is 5.92. The Labute approximate surface area is 97.5 Å². The van der Waals surface area contributed by atoms with Gasteiger partial charge in [-0.15, -0.1) is 0 Å². The molecule has 0 aliphatic rings. The SMILES string of the molecule is CCN(CC(C)C)c1ccc(C(C)=O)nc1. The lowest BCUT2D eigenvalue weighted by molar-refractivity contribution is 0.101. The summed E-state index contributed by atoms with van der Waals surface area (Å²) < 4.78 is 0. The van der Waals surface area contributed by atoms with Gasteiger partial charge in [-0.05, 0) is 25.0 Å². The maximum Gasteiger partial charge on any atom is 0.178 e. The van der Waals surface area contributed by atoms with Gasteiger partial charge in [-0.3, -0.25) is 9.78 Å². The molecule has 0 unspecified atom stereocenters. The molecule has 0 aromatic carbocycles. The van der Waals surface area contributed by atoms with Crippen LogP contribution in [0, 0.1) is 5.92 Å². The number of pyridine rings is 1. The number of hydrogen-bond acceptors (Lipinski definition) is 3. The molecule has 0 saturated heterocycles. The summed E-state index contributed by atoms with van der Waals surface area (Å²) in [5, 5.41) is 0. The van der Waals surface area contributed by atoms with E-state index in [-0.39, 0.29) is 5.78 Å². The molecule has 0 aliphatic carbocycles. The van der Waals surface area contributed by atoms with Crippen LogP contribution in [0.2, 0.25) is 0 Å². The molecule has 16 heavy (non-hydrogen) atoms. The van der Waals surface area contributed by atoms with E-state index in [9.17, 15) is 4.79 Å². The molecule has 1 aromatic rings. The number of rotatable bonds is 5. The highest BCUT2D eigenvalue weighted by Gasteiger charge is 2.07. The second-order valence-corrected chi connectivity index (χ2v) is 4.39. The quantitative estimate of drug-likeness (QED) is 0.715. The van der Waals surface area contributed by atoms with Gasteiger partial charge in [0.2, 0.25) is 0 Å². The van der Waals surface area contributed by atoms with E-state index >= 15 is 0 Å². The molecule has 3 heteroatoms. The van der Waals surface area contributed by atoms with Gasteiger partial charge in [0.1, 0.15) is 5.69 Å². The molecule has 0 fully saturated rings. The van der Waals surface area contributed by atoms with Crippen LogP contribution in [0.5, 0.6) is 0 Å². The second-order valence-electron chi connectivity index (χ2n) is 4.39. The minimum Gasteiger partial charge on any atom is -0.370 e. The molecule has 0 spiro atoms. The lowest BCUT2D eigenvalue weighted by atomic mass is 10.2. The third-order valence-corrected chi connectivity index (χ3v) is 2.44. The van der Waals surface area contributed by atoms with Crippen LogP contribution in [-0.2, 0) is 0 Å². The molecule has 1 heterocycles. The summed E-state index contributed by atoms with van der Waals surface area (Å²) in [5.41, 5.74) is 1.62.